The summed E-state index contributed by atoms with van der Waals surface area (Å²) in [6.07, 6.45) is 1.47. The molecular formula is C17H18N2O3. The first-order valence-electron chi connectivity index (χ1n) is 7.20. The normalized spacial score (nSPS) is 10.2. The fourth-order valence-electron chi connectivity index (χ4n) is 2.22. The van der Waals surface area contributed by atoms with E-state index in [0.29, 0.717) is 31.4 Å². The maximum atomic E-state index is 11.8. The molecule has 2 aromatic carbocycles. The van der Waals surface area contributed by atoms with Crippen LogP contribution in [0.25, 0.3) is 0 Å². The van der Waals surface area contributed by atoms with Crippen LogP contribution in [0.15, 0.2) is 54.6 Å². The average molecular weight is 298 g/mol. The van der Waals surface area contributed by atoms with E-state index in [2.05, 4.69) is 5.32 Å². The third-order valence-corrected chi connectivity index (χ3v) is 3.37. The van der Waals surface area contributed by atoms with Crippen LogP contribution < -0.4 is 5.32 Å². The number of amides is 1. The van der Waals surface area contributed by atoms with Crippen LogP contribution in [-0.4, -0.2) is 10.8 Å². The van der Waals surface area contributed by atoms with Gasteiger partial charge in [-0.1, -0.05) is 48.5 Å². The highest BCUT2D eigenvalue weighted by molar-refractivity contribution is 5.75. The van der Waals surface area contributed by atoms with Gasteiger partial charge in [-0.15, -0.1) is 0 Å². The Morgan fingerprint density at radius 1 is 1.05 bits per heavy atom. The molecule has 2 aromatic rings. The van der Waals surface area contributed by atoms with E-state index in [-0.39, 0.29) is 16.5 Å². The second-order valence-electron chi connectivity index (χ2n) is 5.00. The van der Waals surface area contributed by atoms with Crippen molar-refractivity contribution in [3.8, 4) is 0 Å². The van der Waals surface area contributed by atoms with Gasteiger partial charge in [-0.3, -0.25) is 14.9 Å². The number of nitro groups is 1. The molecule has 0 aliphatic heterocycles. The predicted molar refractivity (Wildman–Crippen MR) is 84.3 cm³/mol. The summed E-state index contributed by atoms with van der Waals surface area (Å²) < 4.78 is 0. The van der Waals surface area contributed by atoms with Gasteiger partial charge < -0.3 is 5.32 Å². The molecule has 5 heteroatoms. The number of benzene rings is 2. The lowest BCUT2D eigenvalue weighted by Gasteiger charge is -2.06. The van der Waals surface area contributed by atoms with Gasteiger partial charge in [-0.2, -0.15) is 0 Å². The minimum atomic E-state index is -0.384. The Bertz CT molecular complexity index is 641. The van der Waals surface area contributed by atoms with Crippen molar-refractivity contribution in [1.29, 1.82) is 0 Å². The quantitative estimate of drug-likeness (QED) is 0.630. The smallest absolute Gasteiger partial charge is 0.272 e. The van der Waals surface area contributed by atoms with Crippen molar-refractivity contribution < 1.29 is 9.72 Å². The van der Waals surface area contributed by atoms with E-state index in [1.807, 2.05) is 30.3 Å². The molecule has 0 radical (unpaired) electrons. The van der Waals surface area contributed by atoms with Crippen LogP contribution in [0.5, 0.6) is 0 Å². The molecule has 0 saturated carbocycles. The summed E-state index contributed by atoms with van der Waals surface area (Å²) in [5.74, 6) is -0.0394. The first-order chi connectivity index (χ1) is 10.7. The molecule has 0 spiro atoms. The first kappa shape index (κ1) is 15.7. The number of carbonyl (C=O) groups excluding carboxylic acids is 1. The standard InChI is InChI=1S/C17H18N2O3/c20-17(18-13-14-7-2-1-3-8-14)12-6-10-15-9-4-5-11-16(15)19(21)22/h1-5,7-9,11H,6,10,12-13H2,(H,18,20). The van der Waals surface area contributed by atoms with Crippen molar-refractivity contribution in [3.63, 3.8) is 0 Å². The average Bonchev–Trinajstić information content (AvgIpc) is 2.54. The largest absolute Gasteiger partial charge is 0.352 e. The molecule has 114 valence electrons. The van der Waals surface area contributed by atoms with Gasteiger partial charge in [0.05, 0.1) is 4.92 Å². The molecule has 0 fully saturated rings. The number of rotatable bonds is 7. The van der Waals surface area contributed by atoms with Gasteiger partial charge in [0.2, 0.25) is 5.91 Å². The molecule has 2 rings (SSSR count). The lowest BCUT2D eigenvalue weighted by molar-refractivity contribution is -0.385. The summed E-state index contributed by atoms with van der Waals surface area (Å²) in [5, 5.41) is 13.8. The molecule has 1 N–H and O–H groups in total. The molecule has 0 bridgehead atoms. The topological polar surface area (TPSA) is 72.2 Å². The van der Waals surface area contributed by atoms with Crippen LogP contribution in [-0.2, 0) is 17.8 Å². The highest BCUT2D eigenvalue weighted by Gasteiger charge is 2.12. The highest BCUT2D eigenvalue weighted by atomic mass is 16.6. The molecule has 1 amide bonds. The monoisotopic (exact) mass is 298 g/mol. The number of nitrogens with one attached hydrogen (secondary N) is 1. The summed E-state index contributed by atoms with van der Waals surface area (Å²) in [6.45, 7) is 0.505. The van der Waals surface area contributed by atoms with E-state index in [1.54, 1.807) is 18.2 Å². The van der Waals surface area contributed by atoms with E-state index >= 15 is 0 Å². The first-order valence-corrected chi connectivity index (χ1v) is 7.20. The summed E-state index contributed by atoms with van der Waals surface area (Å²) in [4.78, 5) is 22.3. The Morgan fingerprint density at radius 3 is 2.45 bits per heavy atom. The minimum Gasteiger partial charge on any atom is -0.352 e. The second kappa shape index (κ2) is 7.93. The molecule has 0 aliphatic carbocycles. The molecule has 0 saturated heterocycles. The number of hydrogen-bond donors (Lipinski definition) is 1. The fraction of sp³-hybridized carbons (Fsp3) is 0.235. The molecule has 5 nitrogen and oxygen atoms in total. The molecule has 0 unspecified atom stereocenters. The van der Waals surface area contributed by atoms with Crippen molar-refractivity contribution in [1.82, 2.24) is 5.32 Å². The van der Waals surface area contributed by atoms with Crippen LogP contribution in [0.4, 0.5) is 5.69 Å². The maximum absolute atomic E-state index is 11.8. The number of nitro benzene ring substituents is 1. The second-order valence-corrected chi connectivity index (χ2v) is 5.00. The van der Waals surface area contributed by atoms with E-state index in [4.69, 9.17) is 0 Å². The fourth-order valence-corrected chi connectivity index (χ4v) is 2.22. The molecule has 0 aromatic heterocycles. The Balaban J connectivity index is 1.77. The number of nitrogens with zero attached hydrogens (tertiary/aromatic N) is 1. The van der Waals surface area contributed by atoms with Crippen molar-refractivity contribution in [2.75, 3.05) is 0 Å². The Labute approximate surface area is 129 Å². The van der Waals surface area contributed by atoms with E-state index in [9.17, 15) is 14.9 Å². The van der Waals surface area contributed by atoms with Crippen LogP contribution in [0.2, 0.25) is 0 Å². The number of para-hydroxylation sites is 1. The lowest BCUT2D eigenvalue weighted by atomic mass is 10.1. The van der Waals surface area contributed by atoms with Gasteiger partial charge in [0.25, 0.3) is 5.69 Å². The molecule has 0 aliphatic rings. The van der Waals surface area contributed by atoms with Crippen LogP contribution in [0.3, 0.4) is 0 Å². The molecule has 22 heavy (non-hydrogen) atoms. The van der Waals surface area contributed by atoms with Crippen molar-refractivity contribution in [2.24, 2.45) is 0 Å². The predicted octanol–water partition coefficient (Wildman–Crippen LogP) is 3.23. The Kier molecular flexibility index (Phi) is 5.65. The lowest BCUT2D eigenvalue weighted by Crippen LogP contribution is -2.22. The third kappa shape index (κ3) is 4.70. The SMILES string of the molecule is O=C(CCCc1ccccc1[N+](=O)[O-])NCc1ccccc1. The zero-order valence-electron chi connectivity index (χ0n) is 12.2. The third-order valence-electron chi connectivity index (χ3n) is 3.37. The highest BCUT2D eigenvalue weighted by Crippen LogP contribution is 2.19. The van der Waals surface area contributed by atoms with Gasteiger partial charge in [0, 0.05) is 24.6 Å². The zero-order valence-corrected chi connectivity index (χ0v) is 12.2. The van der Waals surface area contributed by atoms with Gasteiger partial charge in [-0.25, -0.2) is 0 Å². The van der Waals surface area contributed by atoms with Crippen molar-refractivity contribution in [2.45, 2.75) is 25.8 Å². The van der Waals surface area contributed by atoms with Crippen molar-refractivity contribution in [3.05, 3.63) is 75.8 Å². The Hall–Kier alpha value is -2.69. The maximum Gasteiger partial charge on any atom is 0.272 e. The van der Waals surface area contributed by atoms with Crippen LogP contribution in [0.1, 0.15) is 24.0 Å². The van der Waals surface area contributed by atoms with E-state index in [1.165, 1.54) is 6.07 Å². The number of hydrogen-bond acceptors (Lipinski definition) is 3. The van der Waals surface area contributed by atoms with E-state index in [0.717, 1.165) is 5.56 Å². The summed E-state index contributed by atoms with van der Waals surface area (Å²) in [6, 6.07) is 16.3. The van der Waals surface area contributed by atoms with Gasteiger partial charge in [-0.05, 0) is 18.4 Å². The summed E-state index contributed by atoms with van der Waals surface area (Å²) >= 11 is 0. The van der Waals surface area contributed by atoms with Gasteiger partial charge in [0.15, 0.2) is 0 Å². The number of aryl methyl sites for hydroxylation is 1. The number of carbonyl (C=O) groups is 1. The van der Waals surface area contributed by atoms with Crippen LogP contribution >= 0.6 is 0 Å². The van der Waals surface area contributed by atoms with E-state index < -0.39 is 0 Å². The van der Waals surface area contributed by atoms with Gasteiger partial charge in [0.1, 0.15) is 0 Å². The Morgan fingerprint density at radius 2 is 1.73 bits per heavy atom. The minimum absolute atomic E-state index is 0.0394. The molecule has 0 atom stereocenters. The van der Waals surface area contributed by atoms with Crippen LogP contribution in [0, 0.1) is 10.1 Å². The summed E-state index contributed by atoms with van der Waals surface area (Å²) in [7, 11) is 0. The molecule has 0 heterocycles. The summed E-state index contributed by atoms with van der Waals surface area (Å²) in [5.41, 5.74) is 1.84. The van der Waals surface area contributed by atoms with Crippen molar-refractivity contribution >= 4 is 11.6 Å². The van der Waals surface area contributed by atoms with Gasteiger partial charge >= 0.3 is 0 Å². The zero-order chi connectivity index (χ0) is 15.8. The molecular weight excluding hydrogens is 280 g/mol.